The van der Waals surface area contributed by atoms with Crippen molar-refractivity contribution in [3.8, 4) is 0 Å². The fraction of sp³-hybridized carbons (Fsp3) is 0.524. The molecule has 1 saturated heterocycles. The first kappa shape index (κ1) is 18.8. The summed E-state index contributed by atoms with van der Waals surface area (Å²) < 4.78 is 0. The minimum absolute atomic E-state index is 0.0437. The normalized spacial score (nSPS) is 27.1. The standard InChI is InChI=1S/C21H27N3O4/c1-23-15(13-25)12-24-16(22-19(27)18(26)17(24)20(23)28)11-21(9-5-6-10-21)14-7-3-2-4-8-14/h2-4,7-8,15-16,25-26H,5-6,9-13H2,1H3,(H,22,27). The third-order valence-corrected chi connectivity index (χ3v) is 6.62. The van der Waals surface area contributed by atoms with Gasteiger partial charge < -0.3 is 25.3 Å². The Kier molecular flexibility index (Phi) is 4.79. The van der Waals surface area contributed by atoms with Gasteiger partial charge in [0.05, 0.1) is 12.6 Å². The van der Waals surface area contributed by atoms with E-state index < -0.39 is 23.7 Å². The summed E-state index contributed by atoms with van der Waals surface area (Å²) in [7, 11) is 1.59. The lowest BCUT2D eigenvalue weighted by Gasteiger charge is -2.48. The van der Waals surface area contributed by atoms with E-state index in [4.69, 9.17) is 0 Å². The summed E-state index contributed by atoms with van der Waals surface area (Å²) in [6.45, 7) is 0.200. The van der Waals surface area contributed by atoms with Crippen LogP contribution in [0.1, 0.15) is 37.7 Å². The second-order valence-corrected chi connectivity index (χ2v) is 8.15. The molecule has 1 aliphatic carbocycles. The molecule has 3 aliphatic rings. The van der Waals surface area contributed by atoms with E-state index in [1.165, 1.54) is 10.5 Å². The van der Waals surface area contributed by atoms with Crippen LogP contribution in [0.3, 0.4) is 0 Å². The molecule has 2 atom stereocenters. The van der Waals surface area contributed by atoms with Crippen LogP contribution in [-0.4, -0.2) is 64.2 Å². The Morgan fingerprint density at radius 3 is 2.50 bits per heavy atom. The van der Waals surface area contributed by atoms with Crippen LogP contribution in [-0.2, 0) is 15.0 Å². The molecule has 4 rings (SSSR count). The van der Waals surface area contributed by atoms with Crippen LogP contribution in [0.2, 0.25) is 0 Å². The second kappa shape index (κ2) is 7.13. The third kappa shape index (κ3) is 2.94. The number of carbonyl (C=O) groups excluding carboxylic acids is 2. The van der Waals surface area contributed by atoms with Crippen LogP contribution in [0, 0.1) is 0 Å². The number of carbonyl (C=O) groups is 2. The first-order chi connectivity index (χ1) is 13.5. The Hall–Kier alpha value is -2.54. The van der Waals surface area contributed by atoms with Crippen LogP contribution < -0.4 is 5.32 Å². The van der Waals surface area contributed by atoms with Crippen LogP contribution in [0.25, 0.3) is 0 Å². The van der Waals surface area contributed by atoms with Crippen LogP contribution in [0.4, 0.5) is 0 Å². The Bertz CT molecular complexity index is 801. The highest BCUT2D eigenvalue weighted by Crippen LogP contribution is 2.45. The van der Waals surface area contributed by atoms with Crippen molar-refractivity contribution in [2.24, 2.45) is 0 Å². The average molecular weight is 385 g/mol. The molecule has 1 aromatic carbocycles. The zero-order valence-corrected chi connectivity index (χ0v) is 16.1. The number of benzene rings is 1. The van der Waals surface area contributed by atoms with Crippen molar-refractivity contribution in [1.82, 2.24) is 15.1 Å². The lowest BCUT2D eigenvalue weighted by molar-refractivity contribution is -0.140. The zero-order valence-electron chi connectivity index (χ0n) is 16.1. The van der Waals surface area contributed by atoms with E-state index in [1.54, 1.807) is 11.9 Å². The van der Waals surface area contributed by atoms with Gasteiger partial charge in [-0.25, -0.2) is 0 Å². The zero-order chi connectivity index (χ0) is 19.9. The summed E-state index contributed by atoms with van der Waals surface area (Å²) >= 11 is 0. The van der Waals surface area contributed by atoms with Gasteiger partial charge in [-0.1, -0.05) is 43.2 Å². The third-order valence-electron chi connectivity index (χ3n) is 6.62. The van der Waals surface area contributed by atoms with E-state index in [1.807, 2.05) is 18.2 Å². The van der Waals surface area contributed by atoms with Crippen molar-refractivity contribution in [2.75, 3.05) is 20.2 Å². The maximum absolute atomic E-state index is 12.8. The number of nitrogens with zero attached hydrogens (tertiary/aromatic N) is 2. The molecule has 2 aliphatic heterocycles. The molecule has 2 unspecified atom stereocenters. The summed E-state index contributed by atoms with van der Waals surface area (Å²) in [5.74, 6) is -1.57. The predicted octanol–water partition coefficient (Wildman–Crippen LogP) is 1.25. The molecule has 2 heterocycles. The molecule has 2 amide bonds. The van der Waals surface area contributed by atoms with E-state index in [0.717, 1.165) is 25.7 Å². The SMILES string of the molecule is CN1C(=O)C2=C(O)C(=O)NC(CC3(c4ccccc4)CCCC3)N2CC1CO. The highest BCUT2D eigenvalue weighted by atomic mass is 16.3. The maximum Gasteiger partial charge on any atom is 0.290 e. The molecular formula is C21H27N3O4. The molecule has 0 radical (unpaired) electrons. The molecule has 7 heteroatoms. The highest BCUT2D eigenvalue weighted by Gasteiger charge is 2.47. The lowest BCUT2D eigenvalue weighted by atomic mass is 9.74. The van der Waals surface area contributed by atoms with Crippen LogP contribution in [0.15, 0.2) is 41.8 Å². The molecule has 7 nitrogen and oxygen atoms in total. The summed E-state index contributed by atoms with van der Waals surface area (Å²) in [5, 5.41) is 22.9. The number of hydrogen-bond acceptors (Lipinski definition) is 5. The molecule has 28 heavy (non-hydrogen) atoms. The monoisotopic (exact) mass is 385 g/mol. The molecule has 150 valence electrons. The van der Waals surface area contributed by atoms with Gasteiger partial charge in [-0.2, -0.15) is 0 Å². The van der Waals surface area contributed by atoms with E-state index in [0.29, 0.717) is 13.0 Å². The van der Waals surface area contributed by atoms with Crippen molar-refractivity contribution >= 4 is 11.8 Å². The highest BCUT2D eigenvalue weighted by molar-refractivity contribution is 6.04. The number of aliphatic hydroxyl groups is 2. The van der Waals surface area contributed by atoms with Crippen LogP contribution >= 0.6 is 0 Å². The van der Waals surface area contributed by atoms with Crippen molar-refractivity contribution < 1.29 is 19.8 Å². The summed E-state index contributed by atoms with van der Waals surface area (Å²) in [4.78, 5) is 28.4. The number of piperazine rings is 1. The molecule has 0 aromatic heterocycles. The van der Waals surface area contributed by atoms with E-state index in [9.17, 15) is 19.8 Å². The first-order valence-electron chi connectivity index (χ1n) is 9.91. The lowest BCUT2D eigenvalue weighted by Crippen LogP contribution is -2.64. The number of amides is 2. The van der Waals surface area contributed by atoms with Crippen LogP contribution in [0.5, 0.6) is 0 Å². The second-order valence-electron chi connectivity index (χ2n) is 8.15. The van der Waals surface area contributed by atoms with Gasteiger partial charge in [0.2, 0.25) is 5.76 Å². The van der Waals surface area contributed by atoms with Crippen molar-refractivity contribution in [3.05, 3.63) is 47.4 Å². The van der Waals surface area contributed by atoms with Gasteiger partial charge in [-0.05, 0) is 30.2 Å². The average Bonchev–Trinajstić information content (AvgIpc) is 3.18. The van der Waals surface area contributed by atoms with Gasteiger partial charge >= 0.3 is 0 Å². The van der Waals surface area contributed by atoms with Gasteiger partial charge in [0.15, 0.2) is 5.70 Å². The fourth-order valence-corrected chi connectivity index (χ4v) is 4.99. The Labute approximate surface area is 164 Å². The fourth-order valence-electron chi connectivity index (χ4n) is 4.99. The Morgan fingerprint density at radius 1 is 1.18 bits per heavy atom. The molecule has 1 aromatic rings. The van der Waals surface area contributed by atoms with Gasteiger partial charge in [0.1, 0.15) is 6.17 Å². The minimum Gasteiger partial charge on any atom is -0.501 e. The summed E-state index contributed by atoms with van der Waals surface area (Å²) in [5.41, 5.74) is 1.22. The molecule has 3 N–H and O–H groups in total. The van der Waals surface area contributed by atoms with E-state index in [-0.39, 0.29) is 23.8 Å². The molecule has 0 spiro atoms. The maximum atomic E-state index is 12.8. The van der Waals surface area contributed by atoms with Crippen molar-refractivity contribution in [3.63, 3.8) is 0 Å². The van der Waals surface area contributed by atoms with Crippen molar-refractivity contribution in [1.29, 1.82) is 0 Å². The predicted molar refractivity (Wildman–Crippen MR) is 103 cm³/mol. The summed E-state index contributed by atoms with van der Waals surface area (Å²) in [6.07, 6.45) is 4.58. The first-order valence-corrected chi connectivity index (χ1v) is 9.91. The van der Waals surface area contributed by atoms with E-state index in [2.05, 4.69) is 17.4 Å². The van der Waals surface area contributed by atoms with Gasteiger partial charge in [0, 0.05) is 13.6 Å². The Balaban J connectivity index is 1.70. The molecule has 2 fully saturated rings. The number of nitrogens with one attached hydrogen (secondary N) is 1. The molecule has 1 saturated carbocycles. The molecule has 0 bridgehead atoms. The van der Waals surface area contributed by atoms with Crippen molar-refractivity contribution in [2.45, 2.75) is 49.7 Å². The minimum atomic E-state index is -0.610. The molecular weight excluding hydrogens is 358 g/mol. The topological polar surface area (TPSA) is 93.1 Å². The van der Waals surface area contributed by atoms with E-state index >= 15 is 0 Å². The summed E-state index contributed by atoms with van der Waals surface area (Å²) in [6, 6.07) is 9.96. The Morgan fingerprint density at radius 2 is 1.86 bits per heavy atom. The quantitative estimate of drug-likeness (QED) is 0.725. The number of likely N-dealkylation sites (N-methyl/N-ethyl adjacent to an activating group) is 1. The number of hydrogen-bond donors (Lipinski definition) is 3. The number of aliphatic hydroxyl groups excluding tert-OH is 2. The number of fused-ring (bicyclic) bond motifs is 1. The van der Waals surface area contributed by atoms with Gasteiger partial charge in [-0.15, -0.1) is 0 Å². The van der Waals surface area contributed by atoms with Gasteiger partial charge in [0.25, 0.3) is 11.8 Å². The number of rotatable bonds is 4. The van der Waals surface area contributed by atoms with Gasteiger partial charge in [-0.3, -0.25) is 9.59 Å². The smallest absolute Gasteiger partial charge is 0.290 e. The largest absolute Gasteiger partial charge is 0.501 e.